The molecule has 1 aromatic rings. The van der Waals surface area contributed by atoms with Crippen molar-refractivity contribution in [3.63, 3.8) is 0 Å². The van der Waals surface area contributed by atoms with Crippen molar-refractivity contribution in [1.82, 2.24) is 5.32 Å². The average molecular weight is 247 g/mol. The van der Waals surface area contributed by atoms with Gasteiger partial charge in [-0.1, -0.05) is 37.3 Å². The van der Waals surface area contributed by atoms with E-state index in [2.05, 4.69) is 62.3 Å². The topological polar surface area (TPSA) is 50.4 Å². The molecule has 1 atom stereocenters. The molecule has 3 heteroatoms. The van der Waals surface area contributed by atoms with Crippen molar-refractivity contribution < 1.29 is 0 Å². The monoisotopic (exact) mass is 247 g/mol. The zero-order valence-electron chi connectivity index (χ0n) is 11.9. The predicted molar refractivity (Wildman–Crippen MR) is 78.9 cm³/mol. The van der Waals surface area contributed by atoms with Crippen molar-refractivity contribution in [3.8, 4) is 0 Å². The van der Waals surface area contributed by atoms with E-state index in [1.807, 2.05) is 6.07 Å². The zero-order chi connectivity index (χ0) is 13.6. The van der Waals surface area contributed by atoms with Crippen LogP contribution >= 0.6 is 0 Å². The van der Waals surface area contributed by atoms with Crippen LogP contribution in [0.4, 0.5) is 0 Å². The zero-order valence-corrected chi connectivity index (χ0v) is 11.9. The molecule has 0 aliphatic carbocycles. The maximum Gasteiger partial charge on any atom is 0.188 e. The standard InChI is InChI=1S/C15H25N3/c1-12(13-8-6-5-7-9-13)10-11-17-14(16)18-15(2,3)4/h5-9,12H,10-11H2,1-4H3,(H3,16,17,18). The molecule has 100 valence electrons. The normalized spacial score (nSPS) is 14.3. The van der Waals surface area contributed by atoms with E-state index in [1.54, 1.807) is 0 Å². The molecule has 1 unspecified atom stereocenters. The highest BCUT2D eigenvalue weighted by molar-refractivity contribution is 5.78. The lowest BCUT2D eigenvalue weighted by atomic mass is 9.98. The summed E-state index contributed by atoms with van der Waals surface area (Å²) < 4.78 is 0. The number of aliphatic imine (C=N–C) groups is 1. The Morgan fingerprint density at radius 1 is 1.28 bits per heavy atom. The first-order chi connectivity index (χ1) is 8.38. The Balaban J connectivity index is 2.40. The van der Waals surface area contributed by atoms with Gasteiger partial charge in [-0.15, -0.1) is 0 Å². The van der Waals surface area contributed by atoms with Crippen molar-refractivity contribution >= 4 is 5.96 Å². The molecular formula is C15H25N3. The minimum atomic E-state index is -0.0291. The van der Waals surface area contributed by atoms with Crippen LogP contribution in [0.3, 0.4) is 0 Å². The third kappa shape index (κ3) is 5.71. The number of nitrogens with one attached hydrogen (secondary N) is 1. The molecule has 0 aliphatic rings. The fraction of sp³-hybridized carbons (Fsp3) is 0.533. The molecule has 1 rings (SSSR count). The van der Waals surface area contributed by atoms with Crippen molar-refractivity contribution in [2.45, 2.75) is 45.6 Å². The lowest BCUT2D eigenvalue weighted by Gasteiger charge is -2.21. The number of guanidine groups is 1. The van der Waals surface area contributed by atoms with Crippen LogP contribution in [0.2, 0.25) is 0 Å². The van der Waals surface area contributed by atoms with Gasteiger partial charge in [0.25, 0.3) is 0 Å². The van der Waals surface area contributed by atoms with Crippen LogP contribution in [0.5, 0.6) is 0 Å². The average Bonchev–Trinajstić information content (AvgIpc) is 2.27. The number of hydrogen-bond acceptors (Lipinski definition) is 1. The highest BCUT2D eigenvalue weighted by Gasteiger charge is 2.09. The molecule has 0 fully saturated rings. The van der Waals surface area contributed by atoms with E-state index in [0.717, 1.165) is 13.0 Å². The number of nitrogens with two attached hydrogens (primary N) is 1. The number of benzene rings is 1. The molecule has 3 N–H and O–H groups in total. The van der Waals surface area contributed by atoms with Crippen molar-refractivity contribution in [2.75, 3.05) is 6.54 Å². The summed E-state index contributed by atoms with van der Waals surface area (Å²) in [5.74, 6) is 1.04. The van der Waals surface area contributed by atoms with Gasteiger partial charge in [0, 0.05) is 12.1 Å². The van der Waals surface area contributed by atoms with Gasteiger partial charge < -0.3 is 11.1 Å². The summed E-state index contributed by atoms with van der Waals surface area (Å²) in [5, 5.41) is 3.16. The van der Waals surface area contributed by atoms with Crippen LogP contribution in [0.15, 0.2) is 35.3 Å². The van der Waals surface area contributed by atoms with Crippen LogP contribution in [0, 0.1) is 0 Å². The van der Waals surface area contributed by atoms with E-state index in [1.165, 1.54) is 5.56 Å². The largest absolute Gasteiger partial charge is 0.370 e. The molecule has 0 aromatic heterocycles. The fourth-order valence-electron chi connectivity index (χ4n) is 1.75. The minimum absolute atomic E-state index is 0.0291. The lowest BCUT2D eigenvalue weighted by Crippen LogP contribution is -2.45. The van der Waals surface area contributed by atoms with Gasteiger partial charge in [-0.05, 0) is 38.7 Å². The van der Waals surface area contributed by atoms with Gasteiger partial charge in [-0.2, -0.15) is 0 Å². The van der Waals surface area contributed by atoms with Crippen LogP contribution < -0.4 is 11.1 Å². The van der Waals surface area contributed by atoms with Gasteiger partial charge in [0.15, 0.2) is 5.96 Å². The first kappa shape index (κ1) is 14.6. The van der Waals surface area contributed by atoms with E-state index in [4.69, 9.17) is 5.73 Å². The molecule has 1 aromatic carbocycles. The number of nitrogens with zero attached hydrogens (tertiary/aromatic N) is 1. The molecule has 0 bridgehead atoms. The van der Waals surface area contributed by atoms with Gasteiger partial charge in [0.05, 0.1) is 0 Å². The summed E-state index contributed by atoms with van der Waals surface area (Å²) in [6, 6.07) is 10.5. The summed E-state index contributed by atoms with van der Waals surface area (Å²) in [5.41, 5.74) is 7.15. The summed E-state index contributed by atoms with van der Waals surface area (Å²) in [6.45, 7) is 9.19. The molecule has 0 radical (unpaired) electrons. The minimum Gasteiger partial charge on any atom is -0.370 e. The SMILES string of the molecule is CC(CCN=C(N)NC(C)(C)C)c1ccccc1. The second kappa shape index (κ2) is 6.43. The Kier molecular flexibility index (Phi) is 5.20. The van der Waals surface area contributed by atoms with Crippen LogP contribution in [-0.4, -0.2) is 18.0 Å². The molecule has 18 heavy (non-hydrogen) atoms. The molecule has 0 heterocycles. The van der Waals surface area contributed by atoms with Crippen LogP contribution in [0.1, 0.15) is 45.6 Å². The summed E-state index contributed by atoms with van der Waals surface area (Å²) in [7, 11) is 0. The van der Waals surface area contributed by atoms with Crippen molar-refractivity contribution in [3.05, 3.63) is 35.9 Å². The quantitative estimate of drug-likeness (QED) is 0.635. The van der Waals surface area contributed by atoms with E-state index >= 15 is 0 Å². The van der Waals surface area contributed by atoms with Gasteiger partial charge in [0.2, 0.25) is 0 Å². The fourth-order valence-corrected chi connectivity index (χ4v) is 1.75. The van der Waals surface area contributed by atoms with Crippen LogP contribution in [0.25, 0.3) is 0 Å². The maximum absolute atomic E-state index is 5.82. The van der Waals surface area contributed by atoms with Crippen LogP contribution in [-0.2, 0) is 0 Å². The second-order valence-electron chi connectivity index (χ2n) is 5.74. The van der Waals surface area contributed by atoms with Crippen molar-refractivity contribution in [1.29, 1.82) is 0 Å². The Morgan fingerprint density at radius 3 is 2.44 bits per heavy atom. The summed E-state index contributed by atoms with van der Waals surface area (Å²) in [6.07, 6.45) is 1.01. The van der Waals surface area contributed by atoms with Gasteiger partial charge in [0.1, 0.15) is 0 Å². The molecular weight excluding hydrogens is 222 g/mol. The predicted octanol–water partition coefficient (Wildman–Crippen LogP) is 2.88. The first-order valence-electron chi connectivity index (χ1n) is 6.51. The molecule has 0 aliphatic heterocycles. The lowest BCUT2D eigenvalue weighted by molar-refractivity contribution is 0.507. The number of rotatable bonds is 4. The third-order valence-electron chi connectivity index (χ3n) is 2.72. The molecule has 0 amide bonds. The van der Waals surface area contributed by atoms with Gasteiger partial charge >= 0.3 is 0 Å². The highest BCUT2D eigenvalue weighted by atomic mass is 15.1. The first-order valence-corrected chi connectivity index (χ1v) is 6.51. The Bertz CT molecular complexity index is 376. The van der Waals surface area contributed by atoms with E-state index in [0.29, 0.717) is 11.9 Å². The van der Waals surface area contributed by atoms with E-state index in [9.17, 15) is 0 Å². The van der Waals surface area contributed by atoms with Gasteiger partial charge in [-0.25, -0.2) is 0 Å². The van der Waals surface area contributed by atoms with Gasteiger partial charge in [-0.3, -0.25) is 4.99 Å². The van der Waals surface area contributed by atoms with E-state index < -0.39 is 0 Å². The molecule has 0 saturated heterocycles. The molecule has 0 spiro atoms. The summed E-state index contributed by atoms with van der Waals surface area (Å²) >= 11 is 0. The van der Waals surface area contributed by atoms with Crippen molar-refractivity contribution in [2.24, 2.45) is 10.7 Å². The Labute approximate surface area is 111 Å². The maximum atomic E-state index is 5.82. The highest BCUT2D eigenvalue weighted by Crippen LogP contribution is 2.17. The smallest absolute Gasteiger partial charge is 0.188 e. The Hall–Kier alpha value is -1.51. The van der Waals surface area contributed by atoms with E-state index in [-0.39, 0.29) is 5.54 Å². The third-order valence-corrected chi connectivity index (χ3v) is 2.72. The number of hydrogen-bond donors (Lipinski definition) is 2. The summed E-state index contributed by atoms with van der Waals surface area (Å²) in [4.78, 5) is 4.36. The molecule has 3 nitrogen and oxygen atoms in total. The molecule has 0 saturated carbocycles. The second-order valence-corrected chi connectivity index (χ2v) is 5.74. The Morgan fingerprint density at radius 2 is 1.89 bits per heavy atom.